The lowest BCUT2D eigenvalue weighted by Gasteiger charge is -2.32. The van der Waals surface area contributed by atoms with Crippen molar-refractivity contribution in [1.29, 1.82) is 0 Å². The summed E-state index contributed by atoms with van der Waals surface area (Å²) in [4.78, 5) is 2.29. The molecular formula is C19H22F2N2O2. The maximum absolute atomic E-state index is 13.5. The summed E-state index contributed by atoms with van der Waals surface area (Å²) in [7, 11) is 0. The van der Waals surface area contributed by atoms with Gasteiger partial charge in [-0.25, -0.2) is 8.78 Å². The molecule has 134 valence electrons. The average molecular weight is 348 g/mol. The summed E-state index contributed by atoms with van der Waals surface area (Å²) in [6.45, 7) is 5.43. The minimum atomic E-state index is -0.946. The van der Waals surface area contributed by atoms with E-state index in [-0.39, 0.29) is 6.04 Å². The first kappa shape index (κ1) is 17.6. The third kappa shape index (κ3) is 4.08. The van der Waals surface area contributed by atoms with E-state index in [4.69, 9.17) is 4.74 Å². The summed E-state index contributed by atoms with van der Waals surface area (Å²) in [5.41, 5.74) is 2.72. The largest absolute Gasteiger partial charge is 0.503 e. The van der Waals surface area contributed by atoms with Crippen molar-refractivity contribution in [2.24, 2.45) is 0 Å². The number of benzene rings is 2. The molecule has 2 aromatic rings. The molecule has 0 saturated carbocycles. The van der Waals surface area contributed by atoms with Crippen LogP contribution in [0, 0.1) is 11.6 Å². The first-order valence-corrected chi connectivity index (χ1v) is 8.38. The summed E-state index contributed by atoms with van der Waals surface area (Å²) >= 11 is 0. The molecule has 0 radical (unpaired) electrons. The molecule has 0 spiro atoms. The Labute approximate surface area is 146 Å². The third-order valence-corrected chi connectivity index (χ3v) is 4.44. The van der Waals surface area contributed by atoms with Gasteiger partial charge >= 0.3 is 0 Å². The number of nitrogens with zero attached hydrogens (tertiary/aromatic N) is 1. The molecule has 0 unspecified atom stereocenters. The van der Waals surface area contributed by atoms with E-state index in [1.807, 2.05) is 19.1 Å². The number of phenolic OH excluding ortho intramolecular Hbond substituents is 1. The Morgan fingerprint density at radius 3 is 2.48 bits per heavy atom. The van der Waals surface area contributed by atoms with E-state index in [9.17, 15) is 13.9 Å². The zero-order valence-corrected chi connectivity index (χ0v) is 14.1. The molecule has 1 aliphatic rings. The Morgan fingerprint density at radius 1 is 1.16 bits per heavy atom. The molecule has 4 nitrogen and oxygen atoms in total. The first-order chi connectivity index (χ1) is 12.1. The van der Waals surface area contributed by atoms with Crippen molar-refractivity contribution in [1.82, 2.24) is 5.32 Å². The van der Waals surface area contributed by atoms with Crippen molar-refractivity contribution in [2.45, 2.75) is 19.5 Å². The number of halogens is 2. The molecule has 6 heteroatoms. The van der Waals surface area contributed by atoms with Gasteiger partial charge in [-0.15, -0.1) is 0 Å². The Kier molecular flexibility index (Phi) is 5.50. The fourth-order valence-corrected chi connectivity index (χ4v) is 3.05. The van der Waals surface area contributed by atoms with E-state index < -0.39 is 17.4 Å². The number of phenols is 1. The molecule has 1 fully saturated rings. The van der Waals surface area contributed by atoms with Crippen LogP contribution in [0.4, 0.5) is 14.5 Å². The lowest BCUT2D eigenvalue weighted by molar-refractivity contribution is 0.122. The Morgan fingerprint density at radius 2 is 1.80 bits per heavy atom. The maximum Gasteiger partial charge on any atom is 0.187 e. The summed E-state index contributed by atoms with van der Waals surface area (Å²) in [5.74, 6) is -2.83. The smallest absolute Gasteiger partial charge is 0.187 e. The van der Waals surface area contributed by atoms with E-state index in [0.29, 0.717) is 25.3 Å². The van der Waals surface area contributed by atoms with Gasteiger partial charge < -0.3 is 20.1 Å². The average Bonchev–Trinajstić information content (AvgIpc) is 2.64. The highest BCUT2D eigenvalue weighted by Crippen LogP contribution is 2.27. The fourth-order valence-electron chi connectivity index (χ4n) is 3.05. The normalized spacial score (nSPS) is 16.0. The predicted octanol–water partition coefficient (Wildman–Crippen LogP) is 3.36. The zero-order chi connectivity index (χ0) is 17.8. The number of hydrogen-bond donors (Lipinski definition) is 2. The van der Waals surface area contributed by atoms with Crippen LogP contribution in [0.2, 0.25) is 0 Å². The van der Waals surface area contributed by atoms with Gasteiger partial charge in [-0.3, -0.25) is 0 Å². The SMILES string of the molecule is C[C@@H](NCc1cc(F)c(O)c(F)c1)c1ccccc1N1CCOCC1. The van der Waals surface area contributed by atoms with Gasteiger partial charge in [-0.2, -0.15) is 0 Å². The van der Waals surface area contributed by atoms with Crippen LogP contribution in [0.15, 0.2) is 36.4 Å². The molecule has 3 rings (SSSR count). The Balaban J connectivity index is 1.72. The van der Waals surface area contributed by atoms with Gasteiger partial charge in [0.2, 0.25) is 0 Å². The number of aromatic hydroxyl groups is 1. The third-order valence-electron chi connectivity index (χ3n) is 4.44. The first-order valence-electron chi connectivity index (χ1n) is 8.38. The molecule has 1 saturated heterocycles. The van der Waals surface area contributed by atoms with Crippen LogP contribution >= 0.6 is 0 Å². The van der Waals surface area contributed by atoms with E-state index in [1.165, 1.54) is 0 Å². The van der Waals surface area contributed by atoms with Crippen molar-refractivity contribution in [3.05, 3.63) is 59.2 Å². The molecule has 25 heavy (non-hydrogen) atoms. The molecule has 1 aliphatic heterocycles. The van der Waals surface area contributed by atoms with Gasteiger partial charge in [0, 0.05) is 31.4 Å². The summed E-state index contributed by atoms with van der Waals surface area (Å²) in [6.07, 6.45) is 0. The summed E-state index contributed by atoms with van der Waals surface area (Å²) < 4.78 is 32.3. The van der Waals surface area contributed by atoms with Gasteiger partial charge in [0.25, 0.3) is 0 Å². The highest BCUT2D eigenvalue weighted by atomic mass is 19.1. The number of para-hydroxylation sites is 1. The lowest BCUT2D eigenvalue weighted by atomic mass is 10.0. The second-order valence-electron chi connectivity index (χ2n) is 6.17. The van der Waals surface area contributed by atoms with Crippen molar-refractivity contribution < 1.29 is 18.6 Å². The highest BCUT2D eigenvalue weighted by molar-refractivity contribution is 5.55. The van der Waals surface area contributed by atoms with Crippen molar-refractivity contribution in [2.75, 3.05) is 31.2 Å². The Bertz CT molecular complexity index is 710. The molecule has 2 N–H and O–H groups in total. The van der Waals surface area contributed by atoms with Gasteiger partial charge in [0.1, 0.15) is 0 Å². The quantitative estimate of drug-likeness (QED) is 0.870. The van der Waals surface area contributed by atoms with Gasteiger partial charge in [-0.1, -0.05) is 18.2 Å². The van der Waals surface area contributed by atoms with Crippen molar-refractivity contribution >= 4 is 5.69 Å². The van der Waals surface area contributed by atoms with Crippen LogP contribution in [0.25, 0.3) is 0 Å². The lowest BCUT2D eigenvalue weighted by Crippen LogP contribution is -2.37. The molecule has 0 amide bonds. The number of hydrogen-bond acceptors (Lipinski definition) is 4. The molecule has 2 aromatic carbocycles. The van der Waals surface area contributed by atoms with Gasteiger partial charge in [0.05, 0.1) is 13.2 Å². The Hall–Kier alpha value is -2.18. The van der Waals surface area contributed by atoms with Crippen LogP contribution in [0.3, 0.4) is 0 Å². The molecule has 1 atom stereocenters. The van der Waals surface area contributed by atoms with Crippen molar-refractivity contribution in [3.8, 4) is 5.75 Å². The topological polar surface area (TPSA) is 44.7 Å². The molecule has 0 aliphatic carbocycles. The number of anilines is 1. The van der Waals surface area contributed by atoms with Gasteiger partial charge in [0.15, 0.2) is 17.4 Å². The highest BCUT2D eigenvalue weighted by Gasteiger charge is 2.18. The van der Waals surface area contributed by atoms with E-state index in [1.54, 1.807) is 0 Å². The second-order valence-corrected chi connectivity index (χ2v) is 6.17. The van der Waals surface area contributed by atoms with Gasteiger partial charge in [-0.05, 0) is 36.2 Å². The van der Waals surface area contributed by atoms with Crippen LogP contribution in [0.5, 0.6) is 5.75 Å². The second kappa shape index (κ2) is 7.80. The molecular weight excluding hydrogens is 326 g/mol. The molecule has 0 bridgehead atoms. The number of morpholine rings is 1. The number of rotatable bonds is 5. The predicted molar refractivity (Wildman–Crippen MR) is 92.8 cm³/mol. The molecule has 1 heterocycles. The summed E-state index contributed by atoms with van der Waals surface area (Å²) in [6, 6.07) is 10.4. The van der Waals surface area contributed by atoms with Crippen LogP contribution < -0.4 is 10.2 Å². The molecule has 0 aromatic heterocycles. The van der Waals surface area contributed by atoms with Crippen molar-refractivity contribution in [3.63, 3.8) is 0 Å². The zero-order valence-electron chi connectivity index (χ0n) is 14.1. The van der Waals surface area contributed by atoms with E-state index in [0.717, 1.165) is 36.5 Å². The standard InChI is InChI=1S/C19H22F2N2O2/c1-13(22-12-14-10-16(20)19(24)17(21)11-14)15-4-2-3-5-18(15)23-6-8-25-9-7-23/h2-5,10-11,13,22,24H,6-9,12H2,1H3/t13-/m1/s1. The van der Waals surface area contributed by atoms with E-state index >= 15 is 0 Å². The van der Waals surface area contributed by atoms with E-state index in [2.05, 4.69) is 22.3 Å². The summed E-state index contributed by atoms with van der Waals surface area (Å²) in [5, 5.41) is 12.5. The number of ether oxygens (including phenoxy) is 1. The fraction of sp³-hybridized carbons (Fsp3) is 0.368. The van der Waals surface area contributed by atoms with Crippen LogP contribution in [-0.2, 0) is 11.3 Å². The van der Waals surface area contributed by atoms with Crippen LogP contribution in [-0.4, -0.2) is 31.4 Å². The minimum Gasteiger partial charge on any atom is -0.503 e. The maximum atomic E-state index is 13.5. The minimum absolute atomic E-state index is 0.000953. The van der Waals surface area contributed by atoms with Crippen LogP contribution in [0.1, 0.15) is 24.1 Å². The monoisotopic (exact) mass is 348 g/mol. The number of nitrogens with one attached hydrogen (secondary N) is 1.